The van der Waals surface area contributed by atoms with Crippen molar-refractivity contribution in [2.24, 2.45) is 0 Å². The molecule has 1 fully saturated rings. The predicted octanol–water partition coefficient (Wildman–Crippen LogP) is 0.0232. The van der Waals surface area contributed by atoms with E-state index in [1.165, 1.54) is 19.3 Å². The van der Waals surface area contributed by atoms with E-state index < -0.39 is 9.84 Å². The molecule has 1 amide bonds. The zero-order chi connectivity index (χ0) is 12.7. The van der Waals surface area contributed by atoms with Crippen molar-refractivity contribution in [1.82, 2.24) is 10.2 Å². The molecule has 0 aliphatic carbocycles. The summed E-state index contributed by atoms with van der Waals surface area (Å²) in [5.74, 6) is -0.241. The van der Waals surface area contributed by atoms with Crippen LogP contribution in [-0.2, 0) is 14.6 Å². The van der Waals surface area contributed by atoms with Crippen LogP contribution in [-0.4, -0.2) is 57.4 Å². The molecule has 17 heavy (non-hydrogen) atoms. The Balaban J connectivity index is 2.07. The normalized spacial score (nSPS) is 17.9. The number of carbonyl (C=O) groups excluding carboxylic acids is 1. The van der Waals surface area contributed by atoms with Gasteiger partial charge in [-0.1, -0.05) is 6.42 Å². The maximum atomic E-state index is 11.3. The van der Waals surface area contributed by atoms with Gasteiger partial charge in [-0.25, -0.2) is 8.42 Å². The minimum absolute atomic E-state index is 0.0669. The fourth-order valence-corrected chi connectivity index (χ4v) is 2.46. The van der Waals surface area contributed by atoms with Gasteiger partial charge in [0.25, 0.3) is 0 Å². The van der Waals surface area contributed by atoms with Crippen LogP contribution < -0.4 is 5.32 Å². The first kappa shape index (κ1) is 14.4. The average molecular weight is 262 g/mol. The number of amides is 1. The average Bonchev–Trinajstić information content (AvgIpc) is 2.27. The second-order valence-electron chi connectivity index (χ2n) is 4.63. The van der Waals surface area contributed by atoms with Crippen molar-refractivity contribution in [2.75, 3.05) is 38.2 Å². The van der Waals surface area contributed by atoms with E-state index in [0.717, 1.165) is 25.9 Å². The Morgan fingerprint density at radius 2 is 1.88 bits per heavy atom. The van der Waals surface area contributed by atoms with Gasteiger partial charge in [0.15, 0.2) is 0 Å². The van der Waals surface area contributed by atoms with Gasteiger partial charge in [0, 0.05) is 25.8 Å². The first-order valence-electron chi connectivity index (χ1n) is 6.14. The van der Waals surface area contributed by atoms with Gasteiger partial charge in [-0.3, -0.25) is 4.79 Å². The Morgan fingerprint density at radius 1 is 1.24 bits per heavy atom. The number of rotatable bonds is 6. The quantitative estimate of drug-likeness (QED) is 0.733. The number of sulfone groups is 1. The van der Waals surface area contributed by atoms with Crippen LogP contribution in [0.15, 0.2) is 0 Å². The molecule has 6 heteroatoms. The van der Waals surface area contributed by atoms with E-state index >= 15 is 0 Å². The zero-order valence-electron chi connectivity index (χ0n) is 10.4. The van der Waals surface area contributed by atoms with Gasteiger partial charge in [-0.15, -0.1) is 0 Å². The van der Waals surface area contributed by atoms with Crippen LogP contribution in [0, 0.1) is 0 Å². The van der Waals surface area contributed by atoms with Gasteiger partial charge >= 0.3 is 0 Å². The second-order valence-corrected chi connectivity index (χ2v) is 6.89. The smallest absolute Gasteiger partial charge is 0.221 e. The molecule has 0 aromatic heterocycles. The zero-order valence-corrected chi connectivity index (χ0v) is 11.3. The lowest BCUT2D eigenvalue weighted by atomic mass is 10.1. The first-order valence-corrected chi connectivity index (χ1v) is 8.20. The van der Waals surface area contributed by atoms with Gasteiger partial charge in [-0.05, 0) is 25.9 Å². The summed E-state index contributed by atoms with van der Waals surface area (Å²) in [7, 11) is -3.04. The predicted molar refractivity (Wildman–Crippen MR) is 67.6 cm³/mol. The Hall–Kier alpha value is -0.620. The van der Waals surface area contributed by atoms with E-state index in [-0.39, 0.29) is 18.1 Å². The fourth-order valence-electron chi connectivity index (χ4n) is 1.90. The van der Waals surface area contributed by atoms with Crippen molar-refractivity contribution >= 4 is 15.7 Å². The Bertz CT molecular complexity index is 335. The van der Waals surface area contributed by atoms with E-state index in [4.69, 9.17) is 0 Å². The highest BCUT2D eigenvalue weighted by Gasteiger charge is 2.11. The van der Waals surface area contributed by atoms with Crippen molar-refractivity contribution in [2.45, 2.75) is 25.7 Å². The molecule has 1 aliphatic rings. The van der Waals surface area contributed by atoms with Crippen molar-refractivity contribution in [3.05, 3.63) is 0 Å². The van der Waals surface area contributed by atoms with Crippen LogP contribution >= 0.6 is 0 Å². The fraction of sp³-hybridized carbons (Fsp3) is 0.909. The summed E-state index contributed by atoms with van der Waals surface area (Å²) in [6, 6.07) is 0. The molecule has 1 aliphatic heterocycles. The molecule has 1 rings (SSSR count). The van der Waals surface area contributed by atoms with E-state index in [9.17, 15) is 13.2 Å². The van der Waals surface area contributed by atoms with Gasteiger partial charge in [-0.2, -0.15) is 0 Å². The molecule has 0 aromatic carbocycles. The van der Waals surface area contributed by atoms with Crippen LogP contribution in [0.2, 0.25) is 0 Å². The van der Waals surface area contributed by atoms with Crippen LogP contribution in [0.4, 0.5) is 0 Å². The molecular weight excluding hydrogens is 240 g/mol. The highest BCUT2D eigenvalue weighted by atomic mass is 32.2. The molecule has 1 heterocycles. The Labute approximate surface area is 103 Å². The Morgan fingerprint density at radius 3 is 2.47 bits per heavy atom. The number of hydrogen-bond donors (Lipinski definition) is 1. The third-order valence-electron chi connectivity index (χ3n) is 2.90. The van der Waals surface area contributed by atoms with Crippen LogP contribution in [0.25, 0.3) is 0 Å². The summed E-state index contributed by atoms with van der Waals surface area (Å²) in [6.45, 7) is 3.70. The standard InChI is InChI=1S/C11H22N2O3S/c1-17(15,16)10-5-11(14)12-6-9-13-7-3-2-4-8-13/h2-10H2,1H3,(H,12,14). The van der Waals surface area contributed by atoms with Gasteiger partial charge < -0.3 is 10.2 Å². The second kappa shape index (κ2) is 6.96. The van der Waals surface area contributed by atoms with Gasteiger partial charge in [0.2, 0.25) is 5.91 Å². The van der Waals surface area contributed by atoms with Crippen LogP contribution in [0.1, 0.15) is 25.7 Å². The van der Waals surface area contributed by atoms with Crippen molar-refractivity contribution in [3.8, 4) is 0 Å². The Kier molecular flexibility index (Phi) is 5.91. The third-order valence-corrected chi connectivity index (χ3v) is 3.84. The molecule has 0 unspecified atom stereocenters. The van der Waals surface area contributed by atoms with Gasteiger partial charge in [0.1, 0.15) is 9.84 Å². The molecule has 0 atom stereocenters. The number of nitrogens with zero attached hydrogens (tertiary/aromatic N) is 1. The summed E-state index contributed by atoms with van der Waals surface area (Å²) < 4.78 is 21.7. The lowest BCUT2D eigenvalue weighted by Crippen LogP contribution is -2.38. The van der Waals surface area contributed by atoms with E-state index in [1.54, 1.807) is 0 Å². The van der Waals surface area contributed by atoms with E-state index in [0.29, 0.717) is 6.54 Å². The van der Waals surface area contributed by atoms with Crippen molar-refractivity contribution in [1.29, 1.82) is 0 Å². The molecular formula is C11H22N2O3S. The topological polar surface area (TPSA) is 66.5 Å². The largest absolute Gasteiger partial charge is 0.355 e. The third kappa shape index (κ3) is 7.33. The van der Waals surface area contributed by atoms with Crippen LogP contribution in [0.5, 0.6) is 0 Å². The number of carbonyl (C=O) groups is 1. The molecule has 0 bridgehead atoms. The summed E-state index contributed by atoms with van der Waals surface area (Å²) >= 11 is 0. The lowest BCUT2D eigenvalue weighted by molar-refractivity contribution is -0.120. The minimum Gasteiger partial charge on any atom is -0.355 e. The minimum atomic E-state index is -3.04. The van der Waals surface area contributed by atoms with Crippen LogP contribution in [0.3, 0.4) is 0 Å². The van der Waals surface area contributed by atoms with E-state index in [2.05, 4.69) is 10.2 Å². The highest BCUT2D eigenvalue weighted by molar-refractivity contribution is 7.90. The maximum Gasteiger partial charge on any atom is 0.221 e. The number of hydrogen-bond acceptors (Lipinski definition) is 4. The van der Waals surface area contributed by atoms with Crippen molar-refractivity contribution in [3.63, 3.8) is 0 Å². The molecule has 1 N–H and O–H groups in total. The molecule has 5 nitrogen and oxygen atoms in total. The summed E-state index contributed by atoms with van der Waals surface area (Å²) in [4.78, 5) is 13.7. The summed E-state index contributed by atoms with van der Waals surface area (Å²) in [6.07, 6.45) is 4.99. The number of likely N-dealkylation sites (tertiary alicyclic amines) is 1. The molecule has 0 spiro atoms. The number of nitrogens with one attached hydrogen (secondary N) is 1. The lowest BCUT2D eigenvalue weighted by Gasteiger charge is -2.26. The molecule has 1 saturated heterocycles. The molecule has 0 saturated carbocycles. The maximum absolute atomic E-state index is 11.3. The molecule has 0 aromatic rings. The molecule has 0 radical (unpaired) electrons. The number of piperidine rings is 1. The summed E-state index contributed by atoms with van der Waals surface area (Å²) in [5.41, 5.74) is 0. The summed E-state index contributed by atoms with van der Waals surface area (Å²) in [5, 5.41) is 2.76. The monoisotopic (exact) mass is 262 g/mol. The van der Waals surface area contributed by atoms with Crippen molar-refractivity contribution < 1.29 is 13.2 Å². The SMILES string of the molecule is CS(=O)(=O)CCC(=O)NCCN1CCCCC1. The first-order chi connectivity index (χ1) is 7.97. The van der Waals surface area contributed by atoms with E-state index in [1.807, 2.05) is 0 Å². The highest BCUT2D eigenvalue weighted by Crippen LogP contribution is 2.07. The molecule has 100 valence electrons. The van der Waals surface area contributed by atoms with Gasteiger partial charge in [0.05, 0.1) is 5.75 Å².